The van der Waals surface area contributed by atoms with E-state index >= 15 is 0 Å². The highest BCUT2D eigenvalue weighted by Crippen LogP contribution is 2.20. The van der Waals surface area contributed by atoms with Crippen LogP contribution in [-0.2, 0) is 4.79 Å². The van der Waals surface area contributed by atoms with E-state index in [9.17, 15) is 4.79 Å². The van der Waals surface area contributed by atoms with Crippen molar-refractivity contribution in [2.75, 3.05) is 64.8 Å². The van der Waals surface area contributed by atoms with Gasteiger partial charge in [-0.15, -0.1) is 24.0 Å². The lowest BCUT2D eigenvalue weighted by Gasteiger charge is -2.36. The first-order chi connectivity index (χ1) is 14.2. The summed E-state index contributed by atoms with van der Waals surface area (Å²) in [5.74, 6) is 0.732. The molecule has 1 aliphatic heterocycles. The van der Waals surface area contributed by atoms with Gasteiger partial charge in [0, 0.05) is 63.1 Å². The van der Waals surface area contributed by atoms with Gasteiger partial charge in [-0.25, -0.2) is 0 Å². The summed E-state index contributed by atoms with van der Waals surface area (Å²) in [6.45, 7) is 12.2. The summed E-state index contributed by atoms with van der Waals surface area (Å²) in [5, 5.41) is 7.13. The lowest BCUT2D eigenvalue weighted by molar-refractivity contribution is -0.122. The van der Waals surface area contributed by atoms with Crippen LogP contribution in [0.15, 0.2) is 29.3 Å². The molecule has 0 bridgehead atoms. The third-order valence-electron chi connectivity index (χ3n) is 4.95. The smallest absolute Gasteiger partial charge is 0.240 e. The second-order valence-electron chi connectivity index (χ2n) is 8.79. The number of aliphatic imine (C=N–C) groups is 1. The van der Waals surface area contributed by atoms with Crippen molar-refractivity contribution >= 4 is 53.1 Å². The van der Waals surface area contributed by atoms with Crippen molar-refractivity contribution in [3.05, 3.63) is 29.3 Å². The Hall–Kier alpha value is -1.26. The summed E-state index contributed by atoms with van der Waals surface area (Å²) in [7, 11) is 3.63. The number of likely N-dealkylation sites (N-methyl/N-ethyl adjacent to an activating group) is 1. The first-order valence-electron chi connectivity index (χ1n) is 10.6. The average Bonchev–Trinajstić information content (AvgIpc) is 2.67. The van der Waals surface area contributed by atoms with Gasteiger partial charge in [0.2, 0.25) is 5.91 Å². The molecule has 9 heteroatoms. The fraction of sp³-hybridized carbons (Fsp3) is 0.636. The molecule has 0 aliphatic carbocycles. The van der Waals surface area contributed by atoms with Gasteiger partial charge in [0.05, 0.1) is 6.54 Å². The van der Waals surface area contributed by atoms with Crippen molar-refractivity contribution in [1.82, 2.24) is 20.4 Å². The number of guanidine groups is 1. The Morgan fingerprint density at radius 3 is 2.48 bits per heavy atom. The number of benzene rings is 1. The van der Waals surface area contributed by atoms with Crippen LogP contribution in [0, 0.1) is 0 Å². The van der Waals surface area contributed by atoms with Crippen molar-refractivity contribution in [3.63, 3.8) is 0 Å². The summed E-state index contributed by atoms with van der Waals surface area (Å²) in [6, 6.07) is 8.07. The summed E-state index contributed by atoms with van der Waals surface area (Å²) in [5.41, 5.74) is 0.970. The molecule has 1 fully saturated rings. The van der Waals surface area contributed by atoms with Gasteiger partial charge in [0.25, 0.3) is 0 Å². The first kappa shape index (κ1) is 27.8. The van der Waals surface area contributed by atoms with Crippen molar-refractivity contribution in [2.45, 2.75) is 32.7 Å². The number of nitrogens with zero attached hydrogens (tertiary/aromatic N) is 4. The van der Waals surface area contributed by atoms with E-state index in [2.05, 4.69) is 31.5 Å². The van der Waals surface area contributed by atoms with Crippen LogP contribution in [0.1, 0.15) is 27.2 Å². The number of nitrogens with one attached hydrogen (secondary N) is 2. The summed E-state index contributed by atoms with van der Waals surface area (Å²) in [4.78, 5) is 23.1. The third-order valence-corrected chi connectivity index (χ3v) is 5.18. The Labute approximate surface area is 209 Å². The molecule has 0 aromatic heterocycles. The van der Waals surface area contributed by atoms with Gasteiger partial charge in [-0.2, -0.15) is 0 Å². The Balaban J connectivity index is 0.00000480. The first-order valence-corrected chi connectivity index (χ1v) is 11.0. The molecule has 1 heterocycles. The van der Waals surface area contributed by atoms with E-state index in [4.69, 9.17) is 11.6 Å². The number of hydrogen-bond donors (Lipinski definition) is 2. The normalized spacial score (nSPS) is 15.3. The Morgan fingerprint density at radius 1 is 1.23 bits per heavy atom. The minimum atomic E-state index is -0.230. The fourth-order valence-electron chi connectivity index (χ4n) is 3.54. The maximum absolute atomic E-state index is 12.1. The van der Waals surface area contributed by atoms with Crippen LogP contribution in [0.2, 0.25) is 5.02 Å². The van der Waals surface area contributed by atoms with E-state index in [0.717, 1.165) is 56.7 Å². The molecule has 31 heavy (non-hydrogen) atoms. The minimum Gasteiger partial charge on any atom is -0.369 e. The van der Waals surface area contributed by atoms with Crippen LogP contribution < -0.4 is 15.5 Å². The zero-order chi connectivity index (χ0) is 22.1. The molecule has 0 radical (unpaired) electrons. The number of anilines is 1. The standard InChI is InChI=1S/C22H37ClN6O.HI/c1-22(2,3)26-20(30)17-27(5)21(24-4)25-10-7-11-28-12-14-29(15-13-28)19-9-6-8-18(23)16-19;/h6,8-9,16H,7,10-15,17H2,1-5H3,(H,24,25)(H,26,30);1H. The number of carbonyl (C=O) groups is 1. The van der Waals surface area contributed by atoms with Crippen LogP contribution in [0.5, 0.6) is 0 Å². The van der Waals surface area contributed by atoms with Gasteiger partial charge in [0.1, 0.15) is 0 Å². The fourth-order valence-corrected chi connectivity index (χ4v) is 3.72. The van der Waals surface area contributed by atoms with E-state index in [1.165, 1.54) is 5.69 Å². The Morgan fingerprint density at radius 2 is 1.90 bits per heavy atom. The Kier molecular flexibility index (Phi) is 11.9. The number of hydrogen-bond acceptors (Lipinski definition) is 4. The predicted molar refractivity (Wildman–Crippen MR) is 142 cm³/mol. The number of piperazine rings is 1. The zero-order valence-electron chi connectivity index (χ0n) is 19.4. The lowest BCUT2D eigenvalue weighted by atomic mass is 10.1. The van der Waals surface area contributed by atoms with Crippen LogP contribution in [0.25, 0.3) is 0 Å². The van der Waals surface area contributed by atoms with E-state index in [1.807, 2.05) is 50.9 Å². The molecule has 0 unspecified atom stereocenters. The molecular weight excluding hydrogens is 527 g/mol. The van der Waals surface area contributed by atoms with Crippen molar-refractivity contribution in [1.29, 1.82) is 0 Å². The lowest BCUT2D eigenvalue weighted by Crippen LogP contribution is -2.49. The van der Waals surface area contributed by atoms with Crippen LogP contribution >= 0.6 is 35.6 Å². The molecule has 0 saturated carbocycles. The van der Waals surface area contributed by atoms with E-state index in [0.29, 0.717) is 0 Å². The van der Waals surface area contributed by atoms with Crippen LogP contribution in [0.3, 0.4) is 0 Å². The van der Waals surface area contributed by atoms with Crippen molar-refractivity contribution in [3.8, 4) is 0 Å². The van der Waals surface area contributed by atoms with E-state index in [1.54, 1.807) is 7.05 Å². The average molecular weight is 565 g/mol. The van der Waals surface area contributed by atoms with Crippen molar-refractivity contribution in [2.24, 2.45) is 4.99 Å². The molecule has 1 aromatic carbocycles. The molecule has 7 nitrogen and oxygen atoms in total. The number of halogens is 2. The molecule has 1 amide bonds. The third kappa shape index (κ3) is 10.3. The highest BCUT2D eigenvalue weighted by atomic mass is 127. The van der Waals surface area contributed by atoms with Gasteiger partial charge in [-0.05, 0) is 51.9 Å². The summed E-state index contributed by atoms with van der Waals surface area (Å²) < 4.78 is 0. The van der Waals surface area contributed by atoms with Gasteiger partial charge >= 0.3 is 0 Å². The van der Waals surface area contributed by atoms with Crippen LogP contribution in [0.4, 0.5) is 5.69 Å². The van der Waals surface area contributed by atoms with Gasteiger partial charge in [-0.3, -0.25) is 14.7 Å². The summed E-state index contributed by atoms with van der Waals surface area (Å²) >= 11 is 6.11. The van der Waals surface area contributed by atoms with Crippen molar-refractivity contribution < 1.29 is 4.79 Å². The van der Waals surface area contributed by atoms with Gasteiger partial charge in [-0.1, -0.05) is 17.7 Å². The zero-order valence-corrected chi connectivity index (χ0v) is 22.5. The summed E-state index contributed by atoms with van der Waals surface area (Å²) in [6.07, 6.45) is 1.03. The highest BCUT2D eigenvalue weighted by Gasteiger charge is 2.18. The van der Waals surface area contributed by atoms with E-state index < -0.39 is 0 Å². The maximum Gasteiger partial charge on any atom is 0.240 e. The highest BCUT2D eigenvalue weighted by molar-refractivity contribution is 14.0. The molecular formula is C22H38ClIN6O. The largest absolute Gasteiger partial charge is 0.369 e. The number of amides is 1. The molecule has 0 spiro atoms. The predicted octanol–water partition coefficient (Wildman–Crippen LogP) is 2.89. The van der Waals surface area contributed by atoms with Crippen LogP contribution in [-0.4, -0.2) is 87.1 Å². The molecule has 1 aliphatic rings. The Bertz CT molecular complexity index is 716. The van der Waals surface area contributed by atoms with E-state index in [-0.39, 0.29) is 42.0 Å². The molecule has 2 rings (SSSR count). The monoisotopic (exact) mass is 564 g/mol. The number of rotatable bonds is 7. The quantitative estimate of drug-likeness (QED) is 0.231. The second-order valence-corrected chi connectivity index (χ2v) is 9.23. The second kappa shape index (κ2) is 13.3. The molecule has 0 atom stereocenters. The SMILES string of the molecule is CN=C(NCCCN1CCN(c2cccc(Cl)c2)CC1)N(C)CC(=O)NC(C)(C)C.I. The molecule has 2 N–H and O–H groups in total. The van der Waals surface area contributed by atoms with Gasteiger partial charge in [0.15, 0.2) is 5.96 Å². The molecule has 1 saturated heterocycles. The topological polar surface area (TPSA) is 63.2 Å². The molecule has 1 aromatic rings. The molecule has 176 valence electrons. The number of carbonyl (C=O) groups excluding carboxylic acids is 1. The van der Waals surface area contributed by atoms with Gasteiger partial charge < -0.3 is 20.4 Å². The maximum atomic E-state index is 12.1. The minimum absolute atomic E-state index is 0.